The Morgan fingerprint density at radius 3 is 2.68 bits per heavy atom. The van der Waals surface area contributed by atoms with Crippen molar-refractivity contribution in [3.63, 3.8) is 0 Å². The molecule has 0 atom stereocenters. The Kier molecular flexibility index (Phi) is 5.20. The van der Waals surface area contributed by atoms with E-state index in [-0.39, 0.29) is 5.82 Å². The fraction of sp³-hybridized carbons (Fsp3) is 0.625. The fourth-order valence-electron chi connectivity index (χ4n) is 2.84. The molecule has 2 rings (SSSR count). The molecule has 1 aliphatic rings. The highest BCUT2D eigenvalue weighted by Gasteiger charge is 2.21. The van der Waals surface area contributed by atoms with Gasteiger partial charge in [-0.2, -0.15) is 0 Å². The molecule has 1 fully saturated rings. The van der Waals surface area contributed by atoms with Crippen LogP contribution in [0.2, 0.25) is 0 Å². The molecule has 0 heterocycles. The summed E-state index contributed by atoms with van der Waals surface area (Å²) in [5.74, 6) is 0.717. The van der Waals surface area contributed by atoms with E-state index in [0.717, 1.165) is 30.7 Å². The van der Waals surface area contributed by atoms with Gasteiger partial charge in [0.05, 0.1) is 0 Å². The van der Waals surface area contributed by atoms with Gasteiger partial charge in [0.1, 0.15) is 5.82 Å². The van der Waals surface area contributed by atoms with Crippen LogP contribution in [0.5, 0.6) is 0 Å². The summed E-state index contributed by atoms with van der Waals surface area (Å²) in [6.45, 7) is 4.23. The molecule has 1 saturated carbocycles. The van der Waals surface area contributed by atoms with Crippen molar-refractivity contribution in [3.05, 3.63) is 30.1 Å². The highest BCUT2D eigenvalue weighted by molar-refractivity contribution is 5.42. The first-order valence-electron chi connectivity index (χ1n) is 7.35. The molecule has 0 aromatic heterocycles. The first-order chi connectivity index (χ1) is 9.15. The van der Waals surface area contributed by atoms with E-state index < -0.39 is 0 Å². The SMILES string of the molecule is CC1CCC(N(C)CCNc2cccc(F)c2)CC1. The molecule has 0 amide bonds. The van der Waals surface area contributed by atoms with Gasteiger partial charge in [-0.25, -0.2) is 4.39 Å². The van der Waals surface area contributed by atoms with Gasteiger partial charge in [-0.1, -0.05) is 13.0 Å². The van der Waals surface area contributed by atoms with Crippen LogP contribution in [-0.4, -0.2) is 31.1 Å². The topological polar surface area (TPSA) is 15.3 Å². The number of hydrogen-bond donors (Lipinski definition) is 1. The number of nitrogens with zero attached hydrogens (tertiary/aromatic N) is 1. The first kappa shape index (κ1) is 14.3. The number of likely N-dealkylation sites (N-methyl/N-ethyl adjacent to an activating group) is 1. The number of benzene rings is 1. The van der Waals surface area contributed by atoms with Crippen molar-refractivity contribution in [2.75, 3.05) is 25.5 Å². The Labute approximate surface area is 116 Å². The Balaban J connectivity index is 1.70. The number of nitrogens with one attached hydrogen (secondary N) is 1. The van der Waals surface area contributed by atoms with Crippen LogP contribution >= 0.6 is 0 Å². The van der Waals surface area contributed by atoms with E-state index >= 15 is 0 Å². The molecule has 1 aliphatic carbocycles. The second-order valence-electron chi connectivity index (χ2n) is 5.83. The third kappa shape index (κ3) is 4.50. The summed E-state index contributed by atoms with van der Waals surface area (Å²) in [6, 6.07) is 7.39. The van der Waals surface area contributed by atoms with Crippen molar-refractivity contribution < 1.29 is 4.39 Å². The minimum Gasteiger partial charge on any atom is -0.384 e. The van der Waals surface area contributed by atoms with Gasteiger partial charge < -0.3 is 10.2 Å². The van der Waals surface area contributed by atoms with E-state index in [1.807, 2.05) is 6.07 Å². The lowest BCUT2D eigenvalue weighted by atomic mass is 9.87. The van der Waals surface area contributed by atoms with Crippen molar-refractivity contribution in [2.24, 2.45) is 5.92 Å². The lowest BCUT2D eigenvalue weighted by Gasteiger charge is -2.33. The Hall–Kier alpha value is -1.09. The minimum absolute atomic E-state index is 0.181. The minimum atomic E-state index is -0.181. The van der Waals surface area contributed by atoms with Crippen molar-refractivity contribution in [3.8, 4) is 0 Å². The molecule has 106 valence electrons. The van der Waals surface area contributed by atoms with E-state index in [0.29, 0.717) is 0 Å². The molecule has 0 radical (unpaired) electrons. The second-order valence-corrected chi connectivity index (χ2v) is 5.83. The maximum Gasteiger partial charge on any atom is 0.125 e. The zero-order valence-electron chi connectivity index (χ0n) is 12.0. The third-order valence-electron chi connectivity index (χ3n) is 4.23. The highest BCUT2D eigenvalue weighted by atomic mass is 19.1. The summed E-state index contributed by atoms with van der Waals surface area (Å²) >= 11 is 0. The van der Waals surface area contributed by atoms with Gasteiger partial charge in [0.2, 0.25) is 0 Å². The van der Waals surface area contributed by atoms with Crippen LogP contribution in [0.1, 0.15) is 32.6 Å². The summed E-state index contributed by atoms with van der Waals surface area (Å²) < 4.78 is 13.0. The maximum absolute atomic E-state index is 13.0. The molecule has 3 heteroatoms. The largest absolute Gasteiger partial charge is 0.384 e. The molecule has 0 aliphatic heterocycles. The first-order valence-corrected chi connectivity index (χ1v) is 7.35. The van der Waals surface area contributed by atoms with Crippen molar-refractivity contribution >= 4 is 5.69 Å². The van der Waals surface area contributed by atoms with E-state index in [1.165, 1.54) is 31.7 Å². The van der Waals surface area contributed by atoms with Crippen LogP contribution in [0.15, 0.2) is 24.3 Å². The Morgan fingerprint density at radius 1 is 1.26 bits per heavy atom. The molecule has 0 saturated heterocycles. The van der Waals surface area contributed by atoms with E-state index in [9.17, 15) is 4.39 Å². The van der Waals surface area contributed by atoms with E-state index in [1.54, 1.807) is 12.1 Å². The molecule has 0 bridgehead atoms. The summed E-state index contributed by atoms with van der Waals surface area (Å²) in [7, 11) is 2.20. The molecule has 0 spiro atoms. The average molecular weight is 264 g/mol. The standard InChI is InChI=1S/C16H25FN2/c1-13-6-8-16(9-7-13)19(2)11-10-18-15-5-3-4-14(17)12-15/h3-5,12-13,16,18H,6-11H2,1-2H3. The lowest BCUT2D eigenvalue weighted by molar-refractivity contribution is 0.175. The smallest absolute Gasteiger partial charge is 0.125 e. The van der Waals surface area contributed by atoms with Gasteiger partial charge in [-0.3, -0.25) is 0 Å². The molecule has 0 unspecified atom stereocenters. The lowest BCUT2D eigenvalue weighted by Crippen LogP contribution is -2.37. The van der Waals surface area contributed by atoms with Crippen LogP contribution < -0.4 is 5.32 Å². The maximum atomic E-state index is 13.0. The summed E-state index contributed by atoms with van der Waals surface area (Å²) in [6.07, 6.45) is 5.34. The zero-order valence-corrected chi connectivity index (χ0v) is 12.0. The number of anilines is 1. The molecule has 2 nitrogen and oxygen atoms in total. The number of rotatable bonds is 5. The quantitative estimate of drug-likeness (QED) is 0.871. The van der Waals surface area contributed by atoms with Gasteiger partial charge >= 0.3 is 0 Å². The zero-order chi connectivity index (χ0) is 13.7. The molecular weight excluding hydrogens is 239 g/mol. The molecule has 1 aromatic rings. The highest BCUT2D eigenvalue weighted by Crippen LogP contribution is 2.26. The molecule has 1 N–H and O–H groups in total. The van der Waals surface area contributed by atoms with Crippen molar-refractivity contribution in [1.82, 2.24) is 4.90 Å². The van der Waals surface area contributed by atoms with Crippen LogP contribution in [0.3, 0.4) is 0 Å². The van der Waals surface area contributed by atoms with Crippen LogP contribution in [0, 0.1) is 11.7 Å². The van der Waals surface area contributed by atoms with Gasteiger partial charge in [-0.05, 0) is 56.8 Å². The van der Waals surface area contributed by atoms with Crippen LogP contribution in [0.25, 0.3) is 0 Å². The fourth-order valence-corrected chi connectivity index (χ4v) is 2.84. The van der Waals surface area contributed by atoms with Gasteiger partial charge in [-0.15, -0.1) is 0 Å². The van der Waals surface area contributed by atoms with Gasteiger partial charge in [0.25, 0.3) is 0 Å². The van der Waals surface area contributed by atoms with Crippen LogP contribution in [-0.2, 0) is 0 Å². The monoisotopic (exact) mass is 264 g/mol. The average Bonchev–Trinajstić information content (AvgIpc) is 2.39. The summed E-state index contributed by atoms with van der Waals surface area (Å²) in [4.78, 5) is 2.44. The number of halogens is 1. The predicted molar refractivity (Wildman–Crippen MR) is 78.9 cm³/mol. The molecule has 1 aromatic carbocycles. The van der Waals surface area contributed by atoms with Gasteiger partial charge in [0, 0.05) is 24.8 Å². The third-order valence-corrected chi connectivity index (χ3v) is 4.23. The van der Waals surface area contributed by atoms with Gasteiger partial charge in [0.15, 0.2) is 0 Å². The predicted octanol–water partition coefficient (Wildman–Crippen LogP) is 3.75. The van der Waals surface area contributed by atoms with Crippen molar-refractivity contribution in [1.29, 1.82) is 0 Å². The normalized spacial score (nSPS) is 23.6. The molecule has 19 heavy (non-hydrogen) atoms. The Bertz CT molecular complexity index is 386. The Morgan fingerprint density at radius 2 is 2.00 bits per heavy atom. The van der Waals surface area contributed by atoms with E-state index in [4.69, 9.17) is 0 Å². The summed E-state index contributed by atoms with van der Waals surface area (Å²) in [5.41, 5.74) is 0.866. The molecular formula is C16H25FN2. The van der Waals surface area contributed by atoms with E-state index in [2.05, 4.69) is 24.2 Å². The van der Waals surface area contributed by atoms with Crippen molar-refractivity contribution in [2.45, 2.75) is 38.6 Å². The summed E-state index contributed by atoms with van der Waals surface area (Å²) in [5, 5.41) is 3.28. The second kappa shape index (κ2) is 6.90. The van der Waals surface area contributed by atoms with Crippen LogP contribution in [0.4, 0.5) is 10.1 Å². The number of hydrogen-bond acceptors (Lipinski definition) is 2.